The fourth-order valence-corrected chi connectivity index (χ4v) is 6.57. The monoisotopic (exact) mass is 650 g/mol. The van der Waals surface area contributed by atoms with E-state index in [4.69, 9.17) is 9.47 Å². The van der Waals surface area contributed by atoms with Crippen molar-refractivity contribution in [2.24, 2.45) is 0 Å². The molecule has 1 aliphatic heterocycles. The number of rotatable bonds is 6. The summed E-state index contributed by atoms with van der Waals surface area (Å²) in [5.41, 5.74) is 8.19. The molecule has 0 aromatic carbocycles. The van der Waals surface area contributed by atoms with Crippen molar-refractivity contribution < 1.29 is 24.2 Å². The minimum absolute atomic E-state index is 0.0976. The lowest BCUT2D eigenvalue weighted by Gasteiger charge is -2.14. The van der Waals surface area contributed by atoms with E-state index < -0.39 is 5.97 Å². The third-order valence-electron chi connectivity index (χ3n) is 7.86. The summed E-state index contributed by atoms with van der Waals surface area (Å²) in [7, 11) is 0. The van der Waals surface area contributed by atoms with Crippen molar-refractivity contribution in [3.8, 4) is 22.8 Å². The van der Waals surface area contributed by atoms with Crippen LogP contribution in [0.4, 0.5) is 0 Å². The van der Waals surface area contributed by atoms with Crippen LogP contribution in [-0.2, 0) is 48.2 Å². The summed E-state index contributed by atoms with van der Waals surface area (Å²) >= 11 is 2.98. The number of fused-ring (bicyclic) bond motifs is 8. The Bertz CT molecular complexity index is 1750. The highest BCUT2D eigenvalue weighted by molar-refractivity contribution is 7.98. The minimum atomic E-state index is -0.401. The van der Waals surface area contributed by atoms with E-state index in [-0.39, 0.29) is 19.1 Å². The molecule has 13 nitrogen and oxygen atoms in total. The molecule has 4 aromatic heterocycles. The maximum absolute atomic E-state index is 12.4. The molecule has 236 valence electrons. The molecule has 0 saturated heterocycles. The summed E-state index contributed by atoms with van der Waals surface area (Å²) in [5, 5.41) is 19.9. The van der Waals surface area contributed by atoms with E-state index >= 15 is 0 Å². The number of aromatic nitrogens is 8. The van der Waals surface area contributed by atoms with Gasteiger partial charge in [0.1, 0.15) is 23.7 Å². The van der Waals surface area contributed by atoms with Gasteiger partial charge in [0, 0.05) is 23.5 Å². The number of cyclic esters (lactones) is 1. The van der Waals surface area contributed by atoms with Crippen LogP contribution in [0.5, 0.6) is 0 Å². The van der Waals surface area contributed by atoms with E-state index in [0.29, 0.717) is 42.0 Å². The largest absolute Gasteiger partial charge is 0.461 e. The van der Waals surface area contributed by atoms with Gasteiger partial charge in [-0.3, -0.25) is 9.36 Å². The first-order chi connectivity index (χ1) is 22.0. The maximum Gasteiger partial charge on any atom is 0.356 e. The molecule has 5 heterocycles. The number of aryl methyl sites for hydroxylation is 2. The number of carbonyl (C=O) groups is 2. The molecule has 0 saturated carbocycles. The Hall–Kier alpha value is -3.82. The summed E-state index contributed by atoms with van der Waals surface area (Å²) < 4.78 is 13.7. The minimum Gasteiger partial charge on any atom is -0.461 e. The topological polar surface area (TPSA) is 160 Å². The maximum atomic E-state index is 12.4. The van der Waals surface area contributed by atoms with E-state index in [0.717, 1.165) is 83.0 Å². The molecule has 0 fully saturated rings. The zero-order chi connectivity index (χ0) is 31.5. The van der Waals surface area contributed by atoms with Gasteiger partial charge in [-0.15, -0.1) is 0 Å². The molecule has 0 bridgehead atoms. The second-order valence-electron chi connectivity index (χ2n) is 10.5. The highest BCUT2D eigenvalue weighted by Crippen LogP contribution is 2.35. The van der Waals surface area contributed by atoms with Crippen molar-refractivity contribution in [1.29, 1.82) is 0 Å². The first-order valence-corrected chi connectivity index (χ1v) is 17.4. The first kappa shape index (κ1) is 31.2. The standard InChI is InChI=1S/C16H20N4O3S.C14H14N4O2S/c1-3-23-15(22)14-11-6-4-5-10-9-17-16(24-2)18-12(10)13(11)19-20(14)7-8-21;1-21-14-15-7-8-3-2-4-9-11(10(8)16-14)17-18-5-6-20-13(19)12(9)18/h9,21H,3-8H2,1-2H3;7H,2-6H2,1H3. The number of aliphatic hydroxyl groups excluding tert-OH is 1. The molecular weight excluding hydrogens is 617 g/mol. The quantitative estimate of drug-likeness (QED) is 0.184. The Kier molecular flexibility index (Phi) is 9.47. The zero-order valence-electron chi connectivity index (χ0n) is 25.4. The number of nitrogens with zero attached hydrogens (tertiary/aromatic N) is 8. The van der Waals surface area contributed by atoms with E-state index in [9.17, 15) is 14.7 Å². The molecule has 3 aliphatic rings. The van der Waals surface area contributed by atoms with Gasteiger partial charge >= 0.3 is 11.9 Å². The number of hydrogen-bond acceptors (Lipinski definition) is 13. The van der Waals surface area contributed by atoms with Crippen molar-refractivity contribution in [2.75, 3.05) is 32.3 Å². The summed E-state index contributed by atoms with van der Waals surface area (Å²) in [6.45, 7) is 3.23. The lowest BCUT2D eigenvalue weighted by Crippen LogP contribution is -2.24. The van der Waals surface area contributed by atoms with Crippen LogP contribution in [0.2, 0.25) is 0 Å². The van der Waals surface area contributed by atoms with Gasteiger partial charge in [-0.05, 0) is 69.1 Å². The third kappa shape index (κ3) is 6.08. The number of esters is 2. The molecule has 2 aliphatic carbocycles. The Morgan fingerprint density at radius 3 is 2.16 bits per heavy atom. The van der Waals surface area contributed by atoms with Crippen LogP contribution in [-0.4, -0.2) is 88.9 Å². The average molecular weight is 651 g/mol. The number of hydrogen-bond donors (Lipinski definition) is 1. The summed E-state index contributed by atoms with van der Waals surface area (Å²) in [6.07, 6.45) is 12.8. The average Bonchev–Trinajstić information content (AvgIpc) is 3.48. The van der Waals surface area contributed by atoms with Crippen molar-refractivity contribution in [3.05, 3.63) is 46.0 Å². The number of ether oxygens (including phenoxy) is 2. The Morgan fingerprint density at radius 2 is 1.56 bits per heavy atom. The number of aliphatic hydroxyl groups is 1. The highest BCUT2D eigenvalue weighted by atomic mass is 32.2. The Labute approximate surface area is 268 Å². The predicted octanol–water partition coefficient (Wildman–Crippen LogP) is 3.44. The van der Waals surface area contributed by atoms with E-state index in [1.807, 2.05) is 24.9 Å². The van der Waals surface area contributed by atoms with Crippen molar-refractivity contribution >= 4 is 35.5 Å². The van der Waals surface area contributed by atoms with Gasteiger partial charge in [-0.1, -0.05) is 23.5 Å². The fraction of sp³-hybridized carbons (Fsp3) is 0.467. The number of thioether (sulfide) groups is 2. The molecule has 0 spiro atoms. The van der Waals surface area contributed by atoms with Gasteiger partial charge in [0.15, 0.2) is 16.0 Å². The summed E-state index contributed by atoms with van der Waals surface area (Å²) in [6, 6.07) is 0. The molecule has 45 heavy (non-hydrogen) atoms. The van der Waals surface area contributed by atoms with Crippen molar-refractivity contribution in [3.63, 3.8) is 0 Å². The van der Waals surface area contributed by atoms with Gasteiger partial charge in [-0.2, -0.15) is 10.2 Å². The van der Waals surface area contributed by atoms with Crippen molar-refractivity contribution in [2.45, 2.75) is 68.9 Å². The normalized spacial score (nSPS) is 14.7. The van der Waals surface area contributed by atoms with Crippen LogP contribution >= 0.6 is 23.5 Å². The second kappa shape index (κ2) is 13.7. The van der Waals surface area contributed by atoms with Gasteiger partial charge in [0.2, 0.25) is 0 Å². The van der Waals surface area contributed by atoms with E-state index in [2.05, 4.69) is 30.1 Å². The van der Waals surface area contributed by atoms with E-state index in [1.165, 1.54) is 23.5 Å². The van der Waals surface area contributed by atoms with Gasteiger partial charge in [0.05, 0.1) is 37.7 Å². The molecule has 0 radical (unpaired) electrons. The zero-order valence-corrected chi connectivity index (χ0v) is 27.0. The van der Waals surface area contributed by atoms with E-state index in [1.54, 1.807) is 16.3 Å². The lowest BCUT2D eigenvalue weighted by molar-refractivity contribution is 0.0408. The predicted molar refractivity (Wildman–Crippen MR) is 167 cm³/mol. The van der Waals surface area contributed by atoms with Crippen LogP contribution in [0, 0.1) is 0 Å². The SMILES string of the molecule is CCOC(=O)c1c2c(nn1CCO)-c1nc(SC)ncc1CCC2.CSc1ncc2c(n1)-c1nn3c(c1CCC2)C(=O)OCC3. The summed E-state index contributed by atoms with van der Waals surface area (Å²) in [5.74, 6) is -0.667. The second-order valence-corrected chi connectivity index (χ2v) is 12.1. The molecule has 4 aromatic rings. The lowest BCUT2D eigenvalue weighted by atomic mass is 10.1. The Balaban J connectivity index is 0.000000160. The Morgan fingerprint density at radius 1 is 0.933 bits per heavy atom. The van der Waals surface area contributed by atoms with Crippen molar-refractivity contribution in [1.82, 2.24) is 39.5 Å². The third-order valence-corrected chi connectivity index (χ3v) is 8.98. The van der Waals surface area contributed by atoms with Gasteiger partial charge in [-0.25, -0.2) is 29.5 Å². The van der Waals surface area contributed by atoms with Crippen LogP contribution in [0.25, 0.3) is 22.8 Å². The molecule has 1 N–H and O–H groups in total. The van der Waals surface area contributed by atoms with Gasteiger partial charge < -0.3 is 14.6 Å². The van der Waals surface area contributed by atoms with Crippen LogP contribution in [0.1, 0.15) is 63.0 Å². The number of carbonyl (C=O) groups excluding carboxylic acids is 2. The first-order valence-electron chi connectivity index (χ1n) is 14.9. The smallest absolute Gasteiger partial charge is 0.356 e. The molecule has 15 heteroatoms. The molecule has 0 amide bonds. The van der Waals surface area contributed by atoms with Crippen LogP contribution in [0.3, 0.4) is 0 Å². The summed E-state index contributed by atoms with van der Waals surface area (Å²) in [4.78, 5) is 42.4. The van der Waals surface area contributed by atoms with Gasteiger partial charge in [0.25, 0.3) is 0 Å². The van der Waals surface area contributed by atoms with Crippen LogP contribution in [0.15, 0.2) is 22.7 Å². The molecule has 0 unspecified atom stereocenters. The highest BCUT2D eigenvalue weighted by Gasteiger charge is 2.32. The van der Waals surface area contributed by atoms with Crippen LogP contribution < -0.4 is 0 Å². The fourth-order valence-electron chi connectivity index (χ4n) is 5.89. The molecular formula is C30H34N8O5S2. The molecule has 7 rings (SSSR count). The molecule has 0 atom stereocenters.